The smallest absolute Gasteiger partial charge is 0.0337 e. The van der Waals surface area contributed by atoms with Crippen LogP contribution >= 0.6 is 0 Å². The van der Waals surface area contributed by atoms with Crippen LogP contribution in [0.2, 0.25) is 0 Å². The van der Waals surface area contributed by atoms with E-state index in [2.05, 4.69) is 19.1 Å². The van der Waals surface area contributed by atoms with Gasteiger partial charge in [-0.3, -0.25) is 0 Å². The highest BCUT2D eigenvalue weighted by molar-refractivity contribution is 5.55. The molecule has 0 saturated heterocycles. The molecule has 2 fully saturated rings. The Morgan fingerprint density at radius 2 is 1.28 bits per heavy atom. The minimum atomic E-state index is 0.641. The third-order valence-corrected chi connectivity index (χ3v) is 6.88. The summed E-state index contributed by atoms with van der Waals surface area (Å²) in [5, 5.41) is 0. The molecular weight excluding hydrogens is 304 g/mol. The minimum absolute atomic E-state index is 0.641. The summed E-state index contributed by atoms with van der Waals surface area (Å²) in [5.74, 6) is 3.30. The maximum Gasteiger partial charge on any atom is 0.0337 e. The van der Waals surface area contributed by atoms with Gasteiger partial charge in [0.15, 0.2) is 0 Å². The second-order valence-corrected chi connectivity index (χ2v) is 8.70. The third kappa shape index (κ3) is 4.71. The van der Waals surface area contributed by atoms with Crippen molar-refractivity contribution in [1.82, 2.24) is 0 Å². The molecule has 3 rings (SSSR count). The summed E-state index contributed by atoms with van der Waals surface area (Å²) in [7, 11) is 0. The molecule has 0 aliphatic heterocycles. The monoisotopic (exact) mass is 342 g/mol. The van der Waals surface area contributed by atoms with E-state index in [1.165, 1.54) is 82.6 Å². The zero-order valence-electron chi connectivity index (χ0n) is 16.2. The van der Waals surface area contributed by atoms with Crippen molar-refractivity contribution in [3.05, 3.63) is 23.8 Å². The van der Waals surface area contributed by atoms with Crippen molar-refractivity contribution in [2.45, 2.75) is 89.9 Å². The van der Waals surface area contributed by atoms with E-state index in [0.29, 0.717) is 5.92 Å². The minimum Gasteiger partial charge on any atom is -0.399 e. The molecule has 0 bridgehead atoms. The molecule has 140 valence electrons. The van der Waals surface area contributed by atoms with Crippen molar-refractivity contribution in [2.75, 3.05) is 11.5 Å². The van der Waals surface area contributed by atoms with Crippen molar-refractivity contribution in [2.24, 2.45) is 17.8 Å². The van der Waals surface area contributed by atoms with Crippen LogP contribution < -0.4 is 11.5 Å². The highest BCUT2D eigenvalue weighted by Gasteiger charge is 2.37. The zero-order chi connectivity index (χ0) is 17.6. The lowest BCUT2D eigenvalue weighted by atomic mass is 9.62. The molecule has 2 aliphatic rings. The van der Waals surface area contributed by atoms with E-state index in [-0.39, 0.29) is 0 Å². The predicted octanol–water partition coefficient (Wildman–Crippen LogP) is 6.51. The van der Waals surface area contributed by atoms with Gasteiger partial charge < -0.3 is 11.5 Å². The first-order chi connectivity index (χ1) is 12.2. The Labute approximate surface area is 154 Å². The predicted molar refractivity (Wildman–Crippen MR) is 110 cm³/mol. The molecule has 2 nitrogen and oxygen atoms in total. The average molecular weight is 343 g/mol. The van der Waals surface area contributed by atoms with Gasteiger partial charge in [-0.25, -0.2) is 0 Å². The van der Waals surface area contributed by atoms with Gasteiger partial charge in [0, 0.05) is 11.4 Å². The van der Waals surface area contributed by atoms with Crippen LogP contribution in [0.1, 0.15) is 95.5 Å². The van der Waals surface area contributed by atoms with E-state index in [1.54, 1.807) is 0 Å². The third-order valence-electron chi connectivity index (χ3n) is 6.88. The molecule has 1 aromatic carbocycles. The summed E-state index contributed by atoms with van der Waals surface area (Å²) in [6.45, 7) is 2.33. The fraction of sp³-hybridized carbons (Fsp3) is 0.739. The first-order valence-corrected chi connectivity index (χ1v) is 10.8. The molecule has 0 heterocycles. The van der Waals surface area contributed by atoms with Gasteiger partial charge in [0.25, 0.3) is 0 Å². The Morgan fingerprint density at radius 1 is 0.800 bits per heavy atom. The van der Waals surface area contributed by atoms with Crippen LogP contribution in [-0.2, 0) is 0 Å². The second kappa shape index (κ2) is 8.96. The summed E-state index contributed by atoms with van der Waals surface area (Å²) in [5.41, 5.74) is 15.4. The number of rotatable bonds is 6. The van der Waals surface area contributed by atoms with Gasteiger partial charge in [-0.2, -0.15) is 0 Å². The van der Waals surface area contributed by atoms with Crippen LogP contribution in [0.3, 0.4) is 0 Å². The van der Waals surface area contributed by atoms with Gasteiger partial charge in [0.05, 0.1) is 0 Å². The molecular formula is C23H38N2. The number of nitrogens with two attached hydrogens (primary N) is 2. The highest BCUT2D eigenvalue weighted by atomic mass is 14.6. The topological polar surface area (TPSA) is 52.0 Å². The maximum absolute atomic E-state index is 6.17. The van der Waals surface area contributed by atoms with Crippen LogP contribution in [0.15, 0.2) is 18.2 Å². The van der Waals surface area contributed by atoms with Gasteiger partial charge in [-0.05, 0) is 53.9 Å². The zero-order valence-corrected chi connectivity index (χ0v) is 16.2. The standard InChI is InChI=1S/C23H38N2/c1-2-9-22(19-14-20(24)16-21(25)15-19)23(17-10-5-3-6-11-17)18-12-7-4-8-13-18/h14-18,22-23H,2-13,24-25H2,1H3. The van der Waals surface area contributed by atoms with Crippen molar-refractivity contribution in [1.29, 1.82) is 0 Å². The fourth-order valence-electron chi connectivity index (χ4n) is 5.89. The van der Waals surface area contributed by atoms with Gasteiger partial charge >= 0.3 is 0 Å². The Balaban J connectivity index is 1.93. The molecule has 25 heavy (non-hydrogen) atoms. The molecule has 2 heteroatoms. The highest BCUT2D eigenvalue weighted by Crippen LogP contribution is 2.48. The quantitative estimate of drug-likeness (QED) is 0.579. The van der Waals surface area contributed by atoms with Crippen LogP contribution in [-0.4, -0.2) is 0 Å². The van der Waals surface area contributed by atoms with Crippen molar-refractivity contribution < 1.29 is 0 Å². The largest absolute Gasteiger partial charge is 0.399 e. The van der Waals surface area contributed by atoms with Gasteiger partial charge in [-0.1, -0.05) is 77.6 Å². The van der Waals surface area contributed by atoms with Crippen LogP contribution in [0.5, 0.6) is 0 Å². The van der Waals surface area contributed by atoms with Crippen molar-refractivity contribution >= 4 is 11.4 Å². The number of benzene rings is 1. The lowest BCUT2D eigenvalue weighted by Gasteiger charge is -2.43. The molecule has 0 spiro atoms. The lowest BCUT2D eigenvalue weighted by molar-refractivity contribution is 0.113. The van der Waals surface area contributed by atoms with Crippen LogP contribution in [0.4, 0.5) is 11.4 Å². The molecule has 4 N–H and O–H groups in total. The first-order valence-electron chi connectivity index (χ1n) is 10.8. The SMILES string of the molecule is CCCC(c1cc(N)cc(N)c1)C(C1CCCCC1)C1CCCCC1. The summed E-state index contributed by atoms with van der Waals surface area (Å²) >= 11 is 0. The van der Waals surface area contributed by atoms with E-state index < -0.39 is 0 Å². The molecule has 1 atom stereocenters. The number of nitrogen functional groups attached to an aromatic ring is 2. The molecule has 1 aromatic rings. The Hall–Kier alpha value is -1.18. The molecule has 0 radical (unpaired) electrons. The molecule has 2 saturated carbocycles. The average Bonchev–Trinajstić information content (AvgIpc) is 2.62. The van der Waals surface area contributed by atoms with E-state index in [9.17, 15) is 0 Å². The molecule has 0 aromatic heterocycles. The second-order valence-electron chi connectivity index (χ2n) is 8.70. The number of hydrogen-bond acceptors (Lipinski definition) is 2. The number of anilines is 2. The maximum atomic E-state index is 6.17. The summed E-state index contributed by atoms with van der Waals surface area (Å²) in [6, 6.07) is 6.34. The lowest BCUT2D eigenvalue weighted by Crippen LogP contribution is -2.32. The summed E-state index contributed by atoms with van der Waals surface area (Å²) in [4.78, 5) is 0. The Kier molecular flexibility index (Phi) is 6.67. The van der Waals surface area contributed by atoms with Gasteiger partial charge in [0.2, 0.25) is 0 Å². The van der Waals surface area contributed by atoms with E-state index >= 15 is 0 Å². The van der Waals surface area contributed by atoms with Crippen molar-refractivity contribution in [3.63, 3.8) is 0 Å². The Bertz CT molecular complexity index is 489. The molecule has 1 unspecified atom stereocenters. The summed E-state index contributed by atoms with van der Waals surface area (Å²) < 4.78 is 0. The van der Waals surface area contributed by atoms with Crippen molar-refractivity contribution in [3.8, 4) is 0 Å². The van der Waals surface area contributed by atoms with Crippen LogP contribution in [0, 0.1) is 17.8 Å². The van der Waals surface area contributed by atoms with E-state index in [4.69, 9.17) is 11.5 Å². The van der Waals surface area contributed by atoms with Gasteiger partial charge in [-0.15, -0.1) is 0 Å². The first kappa shape index (κ1) is 18.6. The summed E-state index contributed by atoms with van der Waals surface area (Å²) in [6.07, 6.45) is 16.9. The van der Waals surface area contributed by atoms with E-state index in [1.807, 2.05) is 6.07 Å². The van der Waals surface area contributed by atoms with Crippen LogP contribution in [0.25, 0.3) is 0 Å². The molecule has 0 amide bonds. The normalized spacial score (nSPS) is 21.5. The Morgan fingerprint density at radius 3 is 1.72 bits per heavy atom. The fourth-order valence-corrected chi connectivity index (χ4v) is 5.89. The molecule has 2 aliphatic carbocycles. The van der Waals surface area contributed by atoms with E-state index in [0.717, 1.165) is 29.1 Å². The van der Waals surface area contributed by atoms with Gasteiger partial charge in [0.1, 0.15) is 0 Å². The number of hydrogen-bond donors (Lipinski definition) is 2.